The van der Waals surface area contributed by atoms with E-state index in [1.54, 1.807) is 11.8 Å². The lowest BCUT2D eigenvalue weighted by atomic mass is 10.1. The van der Waals surface area contributed by atoms with Crippen molar-refractivity contribution in [2.75, 3.05) is 11.7 Å². The van der Waals surface area contributed by atoms with Crippen LogP contribution in [-0.4, -0.2) is 21.4 Å². The Morgan fingerprint density at radius 3 is 3.00 bits per heavy atom. The van der Waals surface area contributed by atoms with Crippen LogP contribution in [0.15, 0.2) is 29.4 Å². The van der Waals surface area contributed by atoms with Crippen molar-refractivity contribution in [1.29, 1.82) is 0 Å². The molecule has 0 spiro atoms. The fourth-order valence-electron chi connectivity index (χ4n) is 4.11. The molecular formula is C18H17FN6S2. The SMILES string of the molecule is Fc1ccc(CSc2nnc3n2-c2sc4c(c2C2NCNN32)CCC4)cc1. The third-order valence-electron chi connectivity index (χ3n) is 5.34. The molecule has 3 aliphatic rings. The van der Waals surface area contributed by atoms with E-state index in [0.29, 0.717) is 0 Å². The Morgan fingerprint density at radius 2 is 2.11 bits per heavy atom. The lowest BCUT2D eigenvalue weighted by Gasteiger charge is -2.30. The number of hydrogen-bond donors (Lipinski definition) is 2. The van der Waals surface area contributed by atoms with E-state index in [-0.39, 0.29) is 12.0 Å². The smallest absolute Gasteiger partial charge is 0.249 e. The van der Waals surface area contributed by atoms with E-state index in [1.165, 1.54) is 46.0 Å². The first-order chi connectivity index (χ1) is 13.3. The Kier molecular flexibility index (Phi) is 3.59. The maximum absolute atomic E-state index is 13.1. The fourth-order valence-corrected chi connectivity index (χ4v) is 6.47. The van der Waals surface area contributed by atoms with Crippen LogP contribution in [0, 0.1) is 5.82 Å². The van der Waals surface area contributed by atoms with Gasteiger partial charge in [-0.05, 0) is 42.5 Å². The molecule has 1 atom stereocenters. The molecule has 6 rings (SSSR count). The second-order valence-corrected chi connectivity index (χ2v) is 8.95. The lowest BCUT2D eigenvalue weighted by molar-refractivity contribution is 0.588. The summed E-state index contributed by atoms with van der Waals surface area (Å²) in [4.78, 5) is 1.50. The minimum absolute atomic E-state index is 0.129. The second-order valence-electron chi connectivity index (χ2n) is 6.92. The van der Waals surface area contributed by atoms with E-state index in [0.717, 1.165) is 35.5 Å². The van der Waals surface area contributed by atoms with Crippen LogP contribution in [0.1, 0.15) is 34.2 Å². The largest absolute Gasteiger partial charge is 0.278 e. The molecule has 138 valence electrons. The highest BCUT2D eigenvalue weighted by molar-refractivity contribution is 7.98. The van der Waals surface area contributed by atoms with Crippen LogP contribution < -0.4 is 15.8 Å². The number of nitrogens with zero attached hydrogens (tertiary/aromatic N) is 4. The van der Waals surface area contributed by atoms with Gasteiger partial charge in [-0.2, -0.15) is 0 Å². The summed E-state index contributed by atoms with van der Waals surface area (Å²) in [5.74, 6) is 1.35. The molecule has 3 aromatic rings. The van der Waals surface area contributed by atoms with Gasteiger partial charge in [-0.25, -0.2) is 14.4 Å². The summed E-state index contributed by atoms with van der Waals surface area (Å²) in [5.41, 5.74) is 7.35. The summed E-state index contributed by atoms with van der Waals surface area (Å²) in [5, 5.41) is 16.7. The number of rotatable bonds is 3. The Morgan fingerprint density at radius 1 is 1.22 bits per heavy atom. The molecular weight excluding hydrogens is 383 g/mol. The molecule has 4 heterocycles. The standard InChI is InChI=1S/C18H17FN6S2/c19-11-6-4-10(5-7-11)8-26-18-23-22-17-24(18)16-14(15-20-9-21-25(15)17)12-2-1-3-13(12)27-16/h4-7,15,20-21H,1-3,8-9H2. The number of anilines is 1. The average Bonchev–Trinajstić information content (AvgIpc) is 3.42. The summed E-state index contributed by atoms with van der Waals surface area (Å²) in [6.07, 6.45) is 3.70. The summed E-state index contributed by atoms with van der Waals surface area (Å²) < 4.78 is 15.3. The number of aryl methyl sites for hydroxylation is 1. The molecule has 1 fully saturated rings. The van der Waals surface area contributed by atoms with Crippen LogP contribution >= 0.6 is 23.1 Å². The molecule has 27 heavy (non-hydrogen) atoms. The highest BCUT2D eigenvalue weighted by atomic mass is 32.2. The predicted octanol–water partition coefficient (Wildman–Crippen LogP) is 3.13. The average molecular weight is 401 g/mol. The fraction of sp³-hybridized carbons (Fsp3) is 0.333. The van der Waals surface area contributed by atoms with Crippen LogP contribution in [0.25, 0.3) is 5.00 Å². The number of halogens is 1. The Labute approximate surface area is 163 Å². The van der Waals surface area contributed by atoms with Crippen molar-refractivity contribution in [1.82, 2.24) is 25.5 Å². The van der Waals surface area contributed by atoms with Gasteiger partial charge in [-0.15, -0.1) is 21.5 Å². The number of aromatic nitrogens is 3. The monoisotopic (exact) mass is 400 g/mol. The Hall–Kier alpha value is -1.94. The van der Waals surface area contributed by atoms with Crippen molar-refractivity contribution in [2.45, 2.75) is 36.3 Å². The van der Waals surface area contributed by atoms with E-state index in [4.69, 9.17) is 0 Å². The zero-order valence-corrected chi connectivity index (χ0v) is 16.0. The molecule has 1 aliphatic carbocycles. The normalized spacial score (nSPS) is 19.7. The first-order valence-electron chi connectivity index (χ1n) is 9.03. The molecule has 6 nitrogen and oxygen atoms in total. The third kappa shape index (κ3) is 2.39. The number of benzene rings is 1. The molecule has 0 radical (unpaired) electrons. The minimum atomic E-state index is -0.208. The molecule has 1 aromatic carbocycles. The maximum Gasteiger partial charge on any atom is 0.249 e. The van der Waals surface area contributed by atoms with Crippen molar-refractivity contribution in [2.24, 2.45) is 0 Å². The number of thioether (sulfide) groups is 1. The zero-order valence-electron chi connectivity index (χ0n) is 14.4. The van der Waals surface area contributed by atoms with E-state index < -0.39 is 0 Å². The number of nitrogens with one attached hydrogen (secondary N) is 2. The van der Waals surface area contributed by atoms with Crippen LogP contribution in [0.5, 0.6) is 0 Å². The minimum Gasteiger partial charge on any atom is -0.278 e. The Bertz CT molecular complexity index is 1030. The van der Waals surface area contributed by atoms with Gasteiger partial charge in [0.25, 0.3) is 0 Å². The first kappa shape index (κ1) is 16.1. The molecule has 9 heteroatoms. The molecule has 0 amide bonds. The van der Waals surface area contributed by atoms with Gasteiger partial charge < -0.3 is 0 Å². The molecule has 2 aliphatic heterocycles. The molecule has 1 unspecified atom stereocenters. The molecule has 2 aromatic heterocycles. The number of thiophene rings is 1. The molecule has 2 N–H and O–H groups in total. The lowest BCUT2D eigenvalue weighted by Crippen LogP contribution is -2.39. The Balaban J connectivity index is 1.41. The third-order valence-corrected chi connectivity index (χ3v) is 7.63. The molecule has 0 bridgehead atoms. The van der Waals surface area contributed by atoms with Crippen LogP contribution in [0.2, 0.25) is 0 Å². The molecule has 0 saturated carbocycles. The van der Waals surface area contributed by atoms with Gasteiger partial charge in [-0.1, -0.05) is 23.9 Å². The van der Waals surface area contributed by atoms with Gasteiger partial charge in [0.05, 0.1) is 6.67 Å². The van der Waals surface area contributed by atoms with Crippen molar-refractivity contribution < 1.29 is 4.39 Å². The van der Waals surface area contributed by atoms with Gasteiger partial charge >= 0.3 is 0 Å². The first-order valence-corrected chi connectivity index (χ1v) is 10.8. The van der Waals surface area contributed by atoms with Gasteiger partial charge in [0.2, 0.25) is 5.95 Å². The van der Waals surface area contributed by atoms with Crippen molar-refractivity contribution in [3.05, 3.63) is 51.7 Å². The summed E-state index contributed by atoms with van der Waals surface area (Å²) in [6.45, 7) is 0.722. The topological polar surface area (TPSA) is 58.0 Å². The van der Waals surface area contributed by atoms with Crippen LogP contribution in [-0.2, 0) is 18.6 Å². The maximum atomic E-state index is 13.1. The van der Waals surface area contributed by atoms with E-state index in [2.05, 4.69) is 30.5 Å². The highest BCUT2D eigenvalue weighted by Gasteiger charge is 2.42. The number of hydrazine groups is 1. The predicted molar refractivity (Wildman–Crippen MR) is 104 cm³/mol. The molecule has 1 saturated heterocycles. The van der Waals surface area contributed by atoms with Crippen LogP contribution in [0.4, 0.5) is 10.3 Å². The summed E-state index contributed by atoms with van der Waals surface area (Å²) in [7, 11) is 0. The van der Waals surface area contributed by atoms with Crippen molar-refractivity contribution >= 4 is 29.0 Å². The van der Waals surface area contributed by atoms with E-state index >= 15 is 0 Å². The van der Waals surface area contributed by atoms with Gasteiger partial charge in [0, 0.05) is 16.2 Å². The van der Waals surface area contributed by atoms with Gasteiger partial charge in [-0.3, -0.25) is 10.3 Å². The van der Waals surface area contributed by atoms with E-state index in [9.17, 15) is 4.39 Å². The number of fused-ring (bicyclic) bond motifs is 8. The van der Waals surface area contributed by atoms with E-state index in [1.807, 2.05) is 23.5 Å². The van der Waals surface area contributed by atoms with Gasteiger partial charge in [0.15, 0.2) is 5.16 Å². The number of hydrogen-bond acceptors (Lipinski definition) is 7. The van der Waals surface area contributed by atoms with Crippen molar-refractivity contribution in [3.63, 3.8) is 0 Å². The van der Waals surface area contributed by atoms with Crippen molar-refractivity contribution in [3.8, 4) is 5.00 Å². The summed E-state index contributed by atoms with van der Waals surface area (Å²) >= 11 is 3.52. The van der Waals surface area contributed by atoms with Crippen LogP contribution in [0.3, 0.4) is 0 Å². The second kappa shape index (κ2) is 6.03. The quantitative estimate of drug-likeness (QED) is 0.659. The highest BCUT2D eigenvalue weighted by Crippen LogP contribution is 2.48. The summed E-state index contributed by atoms with van der Waals surface area (Å²) in [6, 6.07) is 6.65. The van der Waals surface area contributed by atoms with Gasteiger partial charge in [0.1, 0.15) is 17.0 Å². The zero-order chi connectivity index (χ0) is 18.0.